The molecule has 108 valence electrons. The van der Waals surface area contributed by atoms with Gasteiger partial charge in [-0.3, -0.25) is 0 Å². The third-order valence-electron chi connectivity index (χ3n) is 4.99. The summed E-state index contributed by atoms with van der Waals surface area (Å²) in [7, 11) is 1.50. The molecule has 1 saturated heterocycles. The molecule has 3 N–H and O–H groups in total. The van der Waals surface area contributed by atoms with Crippen LogP contribution in [0.15, 0.2) is 0 Å². The minimum atomic E-state index is -1.72. The summed E-state index contributed by atoms with van der Waals surface area (Å²) in [6, 6.07) is 0. The van der Waals surface area contributed by atoms with Gasteiger partial charge in [0.2, 0.25) is 0 Å². The first-order chi connectivity index (χ1) is 7.98. The van der Waals surface area contributed by atoms with Gasteiger partial charge in [-0.1, -0.05) is 6.92 Å². The average molecular weight is 262 g/mol. The molecule has 1 aliphatic heterocycles. The van der Waals surface area contributed by atoms with Gasteiger partial charge in [-0.2, -0.15) is 0 Å². The lowest BCUT2D eigenvalue weighted by molar-refractivity contribution is -0.373. The van der Waals surface area contributed by atoms with Gasteiger partial charge in [0.25, 0.3) is 0 Å². The van der Waals surface area contributed by atoms with Crippen molar-refractivity contribution >= 4 is 0 Å². The molecule has 0 aromatic heterocycles. The van der Waals surface area contributed by atoms with E-state index in [2.05, 4.69) is 0 Å². The zero-order chi connectivity index (χ0) is 14.4. The van der Waals surface area contributed by atoms with Gasteiger partial charge in [0.15, 0.2) is 0 Å². The summed E-state index contributed by atoms with van der Waals surface area (Å²) >= 11 is 0. The molecule has 0 saturated carbocycles. The average Bonchev–Trinajstić information content (AvgIpc) is 2.26. The molecule has 5 unspecified atom stereocenters. The molecule has 0 aromatic rings. The highest BCUT2D eigenvalue weighted by molar-refractivity contribution is 5.19. The van der Waals surface area contributed by atoms with Crippen LogP contribution in [0.1, 0.15) is 41.0 Å². The van der Waals surface area contributed by atoms with Gasteiger partial charge >= 0.3 is 0 Å². The zero-order valence-electron chi connectivity index (χ0n) is 12.1. The fraction of sp³-hybridized carbons (Fsp3) is 1.00. The molecule has 5 atom stereocenters. The molecular weight excluding hydrogens is 236 g/mol. The van der Waals surface area contributed by atoms with E-state index in [4.69, 9.17) is 9.47 Å². The molecule has 1 fully saturated rings. The Kier molecular flexibility index (Phi) is 3.89. The van der Waals surface area contributed by atoms with E-state index >= 15 is 0 Å². The van der Waals surface area contributed by atoms with Gasteiger partial charge in [0.1, 0.15) is 22.9 Å². The van der Waals surface area contributed by atoms with Crippen molar-refractivity contribution in [3.05, 3.63) is 0 Å². The zero-order valence-corrected chi connectivity index (χ0v) is 12.1. The van der Waals surface area contributed by atoms with Gasteiger partial charge in [0, 0.05) is 7.11 Å². The Labute approximate surface area is 109 Å². The largest absolute Gasteiger partial charge is 0.384 e. The maximum Gasteiger partial charge on any atom is 0.124 e. The highest BCUT2D eigenvalue weighted by Gasteiger charge is 2.69. The van der Waals surface area contributed by atoms with Crippen LogP contribution >= 0.6 is 0 Å². The quantitative estimate of drug-likeness (QED) is 0.688. The molecule has 5 heteroatoms. The van der Waals surface area contributed by atoms with E-state index < -0.39 is 28.5 Å². The van der Waals surface area contributed by atoms with Crippen molar-refractivity contribution in [3.63, 3.8) is 0 Å². The smallest absolute Gasteiger partial charge is 0.124 e. The summed E-state index contributed by atoms with van der Waals surface area (Å²) in [6.45, 7) is 8.14. The normalized spacial score (nSPS) is 53.5. The molecule has 0 spiro atoms. The lowest BCUT2D eigenvalue weighted by Gasteiger charge is -2.62. The van der Waals surface area contributed by atoms with Crippen molar-refractivity contribution in [3.8, 4) is 0 Å². The van der Waals surface area contributed by atoms with E-state index in [-0.39, 0.29) is 6.61 Å². The Bertz CT molecular complexity index is 311. The van der Waals surface area contributed by atoms with Crippen molar-refractivity contribution in [2.45, 2.75) is 69.5 Å². The molecule has 0 amide bonds. The van der Waals surface area contributed by atoms with Crippen LogP contribution in [-0.4, -0.2) is 57.5 Å². The van der Waals surface area contributed by atoms with Gasteiger partial charge in [-0.25, -0.2) is 0 Å². The van der Waals surface area contributed by atoms with E-state index in [1.165, 1.54) is 27.9 Å². The molecule has 1 rings (SSSR count). The van der Waals surface area contributed by atoms with Crippen molar-refractivity contribution < 1.29 is 24.8 Å². The number of ether oxygens (including phenoxy) is 2. The van der Waals surface area contributed by atoms with Crippen molar-refractivity contribution in [1.29, 1.82) is 0 Å². The Hall–Kier alpha value is -0.200. The SMILES string of the molecule is CCC1(C)OC(COC)C(C)(O)C(C)(O)C1(C)O. The number of methoxy groups -OCH3 is 1. The van der Waals surface area contributed by atoms with Crippen molar-refractivity contribution in [2.75, 3.05) is 13.7 Å². The summed E-state index contributed by atoms with van der Waals surface area (Å²) in [5.74, 6) is 0. The molecule has 5 nitrogen and oxygen atoms in total. The molecular formula is C13H26O5. The Morgan fingerprint density at radius 1 is 1.06 bits per heavy atom. The highest BCUT2D eigenvalue weighted by Crippen LogP contribution is 2.50. The summed E-state index contributed by atoms with van der Waals surface area (Å²) in [5.41, 5.74) is -5.86. The van der Waals surface area contributed by atoms with E-state index in [0.717, 1.165) is 0 Å². The summed E-state index contributed by atoms with van der Waals surface area (Å²) < 4.78 is 10.9. The van der Waals surface area contributed by atoms with Crippen LogP contribution in [0, 0.1) is 0 Å². The van der Waals surface area contributed by atoms with Crippen LogP contribution in [0.3, 0.4) is 0 Å². The number of hydrogen-bond donors (Lipinski definition) is 3. The van der Waals surface area contributed by atoms with Gasteiger partial charge in [0.05, 0.1) is 12.2 Å². The van der Waals surface area contributed by atoms with E-state index in [0.29, 0.717) is 6.42 Å². The van der Waals surface area contributed by atoms with Crippen LogP contribution in [0.2, 0.25) is 0 Å². The third-order valence-corrected chi connectivity index (χ3v) is 4.99. The molecule has 0 aliphatic carbocycles. The van der Waals surface area contributed by atoms with Crippen LogP contribution in [-0.2, 0) is 9.47 Å². The number of hydrogen-bond acceptors (Lipinski definition) is 5. The van der Waals surface area contributed by atoms with Crippen LogP contribution in [0.5, 0.6) is 0 Å². The predicted octanol–water partition coefficient (Wildman–Crippen LogP) is 0.453. The molecule has 0 bridgehead atoms. The predicted molar refractivity (Wildman–Crippen MR) is 67.3 cm³/mol. The van der Waals surface area contributed by atoms with Gasteiger partial charge in [-0.05, 0) is 34.1 Å². The molecule has 18 heavy (non-hydrogen) atoms. The van der Waals surface area contributed by atoms with Crippen molar-refractivity contribution in [1.82, 2.24) is 0 Å². The fourth-order valence-corrected chi connectivity index (χ4v) is 2.64. The van der Waals surface area contributed by atoms with Gasteiger partial charge < -0.3 is 24.8 Å². The monoisotopic (exact) mass is 262 g/mol. The van der Waals surface area contributed by atoms with Crippen LogP contribution in [0.4, 0.5) is 0 Å². The lowest BCUT2D eigenvalue weighted by atomic mass is 9.61. The first kappa shape index (κ1) is 15.9. The second-order valence-corrected chi connectivity index (χ2v) is 5.94. The second-order valence-electron chi connectivity index (χ2n) is 5.94. The Morgan fingerprint density at radius 2 is 1.56 bits per heavy atom. The van der Waals surface area contributed by atoms with E-state index in [9.17, 15) is 15.3 Å². The van der Waals surface area contributed by atoms with Gasteiger partial charge in [-0.15, -0.1) is 0 Å². The van der Waals surface area contributed by atoms with Crippen LogP contribution < -0.4 is 0 Å². The lowest BCUT2D eigenvalue weighted by Crippen LogP contribution is -2.80. The maximum absolute atomic E-state index is 10.7. The topological polar surface area (TPSA) is 79.2 Å². The standard InChI is InChI=1S/C13H26O5/c1-7-10(2)12(4,15)13(5,16)11(3,14)9(18-10)8-17-6/h9,14-16H,7-8H2,1-6H3. The molecule has 0 radical (unpaired) electrons. The fourth-order valence-electron chi connectivity index (χ4n) is 2.64. The summed E-state index contributed by atoms with van der Waals surface area (Å²) in [5, 5.41) is 31.9. The molecule has 1 aliphatic rings. The van der Waals surface area contributed by atoms with Crippen molar-refractivity contribution in [2.24, 2.45) is 0 Å². The summed E-state index contributed by atoms with van der Waals surface area (Å²) in [4.78, 5) is 0. The first-order valence-electron chi connectivity index (χ1n) is 6.32. The second kappa shape index (κ2) is 4.42. The Balaban J connectivity index is 3.29. The summed E-state index contributed by atoms with van der Waals surface area (Å²) in [6.07, 6.45) is -0.199. The minimum absolute atomic E-state index is 0.148. The number of aliphatic hydroxyl groups is 3. The van der Waals surface area contributed by atoms with E-state index in [1.807, 2.05) is 6.92 Å². The number of rotatable bonds is 3. The maximum atomic E-state index is 10.7. The van der Waals surface area contributed by atoms with Crippen LogP contribution in [0.25, 0.3) is 0 Å². The highest BCUT2D eigenvalue weighted by atomic mass is 16.6. The Morgan fingerprint density at radius 3 is 1.94 bits per heavy atom. The molecule has 1 heterocycles. The third kappa shape index (κ3) is 1.80. The molecule has 0 aromatic carbocycles. The minimum Gasteiger partial charge on any atom is -0.384 e. The first-order valence-corrected chi connectivity index (χ1v) is 6.32. The van der Waals surface area contributed by atoms with E-state index in [1.54, 1.807) is 6.92 Å².